The monoisotopic (exact) mass is 272 g/mol. The molecule has 0 saturated heterocycles. The summed E-state index contributed by atoms with van der Waals surface area (Å²) in [5, 5.41) is 3.10. The lowest BCUT2D eigenvalue weighted by Gasteiger charge is -2.28. The van der Waals surface area contributed by atoms with E-state index in [2.05, 4.69) is 5.32 Å². The highest BCUT2D eigenvalue weighted by Crippen LogP contribution is 2.33. The minimum Gasteiger partial charge on any atom is -0.304 e. The van der Waals surface area contributed by atoms with Gasteiger partial charge in [0.15, 0.2) is 11.0 Å². The van der Waals surface area contributed by atoms with Crippen LogP contribution in [0.4, 0.5) is 10.5 Å². The fourth-order valence-electron chi connectivity index (χ4n) is 1.62. The van der Waals surface area contributed by atoms with E-state index >= 15 is 0 Å². The number of unbranched alkanes of at least 4 members (excludes halogenated alkanes) is 1. The van der Waals surface area contributed by atoms with E-state index in [9.17, 15) is 9.00 Å². The fourth-order valence-corrected chi connectivity index (χ4v) is 3.16. The Hall–Kier alpha value is -1.07. The van der Waals surface area contributed by atoms with Crippen LogP contribution < -0.4 is 5.32 Å². The number of nitrogens with zero attached hydrogens (tertiary/aromatic N) is 1. The molecule has 1 aromatic rings. The number of urea groups is 1. The smallest absolute Gasteiger partial charge is 0.304 e. The molecule has 0 aliphatic carbocycles. The second-order valence-corrected chi connectivity index (χ2v) is 5.53. The largest absolute Gasteiger partial charge is 0.334 e. The number of para-hydroxylation sites is 1. The third-order valence-electron chi connectivity index (χ3n) is 2.54. The van der Waals surface area contributed by atoms with Crippen LogP contribution in [0.3, 0.4) is 0 Å². The van der Waals surface area contributed by atoms with Crippen molar-refractivity contribution in [1.82, 2.24) is 4.31 Å². The number of benzene rings is 1. The van der Waals surface area contributed by atoms with Gasteiger partial charge >= 0.3 is 6.03 Å². The zero-order chi connectivity index (χ0) is 12.4. The summed E-state index contributed by atoms with van der Waals surface area (Å²) >= 11 is 5.96. The third kappa shape index (κ3) is 2.30. The summed E-state index contributed by atoms with van der Waals surface area (Å²) in [5.41, 5.74) is 0.463. The van der Waals surface area contributed by atoms with Gasteiger partial charge in [0.1, 0.15) is 0 Å². The average Bonchev–Trinajstić information content (AvgIpc) is 2.31. The number of anilines is 1. The fraction of sp³-hybridized carbons (Fsp3) is 0.364. The molecule has 0 spiro atoms. The summed E-state index contributed by atoms with van der Waals surface area (Å²) in [6.45, 7) is 2.51. The molecule has 2 rings (SSSR count). The highest BCUT2D eigenvalue weighted by atomic mass is 35.5. The van der Waals surface area contributed by atoms with Crippen molar-refractivity contribution < 1.29 is 9.00 Å². The molecule has 1 unspecified atom stereocenters. The number of nitrogens with one attached hydrogen (secondary N) is 1. The molecule has 0 bridgehead atoms. The molecule has 92 valence electrons. The number of hydrogen-bond acceptors (Lipinski definition) is 2. The molecule has 1 heterocycles. The van der Waals surface area contributed by atoms with Gasteiger partial charge in [-0.3, -0.25) is 0 Å². The normalized spacial score (nSPS) is 18.8. The van der Waals surface area contributed by atoms with Crippen LogP contribution in [0.25, 0.3) is 0 Å². The SMILES string of the molecule is CCCCN1C(=O)Nc2c(Cl)cccc2S1=O. The number of fused-ring (bicyclic) bond motifs is 1. The third-order valence-corrected chi connectivity index (χ3v) is 4.32. The summed E-state index contributed by atoms with van der Waals surface area (Å²) in [4.78, 5) is 12.4. The first-order chi connectivity index (χ1) is 8.15. The lowest BCUT2D eigenvalue weighted by Crippen LogP contribution is -2.41. The predicted octanol–water partition coefficient (Wildman–Crippen LogP) is 3.01. The molecular weight excluding hydrogens is 260 g/mol. The minimum atomic E-state index is -1.46. The summed E-state index contributed by atoms with van der Waals surface area (Å²) in [6.07, 6.45) is 1.78. The number of amides is 2. The molecule has 0 aromatic heterocycles. The Morgan fingerprint density at radius 3 is 2.94 bits per heavy atom. The van der Waals surface area contributed by atoms with E-state index in [1.54, 1.807) is 18.2 Å². The van der Waals surface area contributed by atoms with Crippen molar-refractivity contribution >= 4 is 34.3 Å². The van der Waals surface area contributed by atoms with E-state index in [1.165, 1.54) is 4.31 Å². The van der Waals surface area contributed by atoms with Gasteiger partial charge in [-0.2, -0.15) is 0 Å². The first kappa shape index (κ1) is 12.4. The van der Waals surface area contributed by atoms with Gasteiger partial charge in [-0.1, -0.05) is 31.0 Å². The first-order valence-corrected chi connectivity index (χ1v) is 6.92. The first-order valence-electron chi connectivity index (χ1n) is 5.44. The molecule has 0 fully saturated rings. The van der Waals surface area contributed by atoms with Crippen molar-refractivity contribution in [3.05, 3.63) is 23.2 Å². The van der Waals surface area contributed by atoms with E-state index in [0.717, 1.165) is 12.8 Å². The minimum absolute atomic E-state index is 0.350. The number of halogens is 1. The van der Waals surface area contributed by atoms with Gasteiger partial charge < -0.3 is 5.32 Å². The summed E-state index contributed by atoms with van der Waals surface area (Å²) in [5.74, 6) is 0. The lowest BCUT2D eigenvalue weighted by molar-refractivity contribution is 0.236. The maximum Gasteiger partial charge on any atom is 0.334 e. The van der Waals surface area contributed by atoms with E-state index in [1.807, 2.05) is 6.92 Å². The molecule has 4 nitrogen and oxygen atoms in total. The van der Waals surface area contributed by atoms with Crippen molar-refractivity contribution in [2.75, 3.05) is 11.9 Å². The van der Waals surface area contributed by atoms with Crippen LogP contribution in [0, 0.1) is 0 Å². The Morgan fingerprint density at radius 2 is 2.24 bits per heavy atom. The topological polar surface area (TPSA) is 49.4 Å². The quantitative estimate of drug-likeness (QED) is 0.919. The van der Waals surface area contributed by atoms with E-state index in [4.69, 9.17) is 11.6 Å². The Kier molecular flexibility index (Phi) is 3.69. The number of carbonyl (C=O) groups is 1. The van der Waals surface area contributed by atoms with Crippen LogP contribution >= 0.6 is 11.6 Å². The lowest BCUT2D eigenvalue weighted by atomic mass is 10.3. The molecule has 1 aliphatic heterocycles. The zero-order valence-corrected chi connectivity index (χ0v) is 11.0. The highest BCUT2D eigenvalue weighted by molar-refractivity contribution is 7.83. The van der Waals surface area contributed by atoms with Crippen molar-refractivity contribution in [3.63, 3.8) is 0 Å². The predicted molar refractivity (Wildman–Crippen MR) is 68.5 cm³/mol. The van der Waals surface area contributed by atoms with Gasteiger partial charge in [-0.05, 0) is 18.6 Å². The van der Waals surface area contributed by atoms with Gasteiger partial charge in [-0.25, -0.2) is 13.3 Å². The summed E-state index contributed by atoms with van der Waals surface area (Å²) in [7, 11) is -1.46. The standard InChI is InChI=1S/C11H13ClN2O2S/c1-2-3-7-14-11(15)13-10-8(12)5-4-6-9(10)17(14)16/h4-6H,2-3,7H2,1H3,(H,13,15). The van der Waals surface area contributed by atoms with Crippen LogP contribution in [0.1, 0.15) is 19.8 Å². The maximum absolute atomic E-state index is 12.2. The molecule has 2 amide bonds. The molecule has 17 heavy (non-hydrogen) atoms. The number of rotatable bonds is 3. The van der Waals surface area contributed by atoms with Gasteiger partial charge in [0.25, 0.3) is 0 Å². The Morgan fingerprint density at radius 1 is 1.47 bits per heavy atom. The van der Waals surface area contributed by atoms with Gasteiger partial charge in [0, 0.05) is 6.54 Å². The van der Waals surface area contributed by atoms with Crippen LogP contribution in [-0.4, -0.2) is 21.1 Å². The second-order valence-electron chi connectivity index (χ2n) is 3.75. The summed E-state index contributed by atoms with van der Waals surface area (Å²) in [6, 6.07) is 4.77. The average molecular weight is 273 g/mol. The van der Waals surface area contributed by atoms with E-state index < -0.39 is 11.0 Å². The Labute approximate surface area is 108 Å². The Bertz CT molecular complexity index is 479. The molecule has 0 saturated carbocycles. The molecule has 1 aliphatic rings. The van der Waals surface area contributed by atoms with Gasteiger partial charge in [0.05, 0.1) is 15.6 Å². The van der Waals surface area contributed by atoms with E-state index in [-0.39, 0.29) is 6.03 Å². The van der Waals surface area contributed by atoms with Crippen LogP contribution in [0.5, 0.6) is 0 Å². The van der Waals surface area contributed by atoms with Crippen LogP contribution in [0.2, 0.25) is 5.02 Å². The van der Waals surface area contributed by atoms with Crippen molar-refractivity contribution in [3.8, 4) is 0 Å². The van der Waals surface area contributed by atoms with Gasteiger partial charge in [0.2, 0.25) is 0 Å². The summed E-state index contributed by atoms with van der Waals surface area (Å²) < 4.78 is 13.5. The van der Waals surface area contributed by atoms with Crippen LogP contribution in [0.15, 0.2) is 23.1 Å². The van der Waals surface area contributed by atoms with Crippen molar-refractivity contribution in [2.45, 2.75) is 24.7 Å². The number of hydrogen-bond donors (Lipinski definition) is 1. The molecule has 1 aromatic carbocycles. The maximum atomic E-state index is 12.2. The van der Waals surface area contributed by atoms with Gasteiger partial charge in [-0.15, -0.1) is 0 Å². The zero-order valence-electron chi connectivity index (χ0n) is 9.40. The molecular formula is C11H13ClN2O2S. The van der Waals surface area contributed by atoms with E-state index in [0.29, 0.717) is 22.2 Å². The molecule has 1 atom stereocenters. The highest BCUT2D eigenvalue weighted by Gasteiger charge is 2.30. The molecule has 6 heteroatoms. The molecule has 0 radical (unpaired) electrons. The van der Waals surface area contributed by atoms with Crippen LogP contribution in [-0.2, 0) is 11.0 Å². The van der Waals surface area contributed by atoms with Crippen molar-refractivity contribution in [2.24, 2.45) is 0 Å². The number of carbonyl (C=O) groups excluding carboxylic acids is 1. The van der Waals surface area contributed by atoms with Crippen molar-refractivity contribution in [1.29, 1.82) is 0 Å². The second kappa shape index (κ2) is 5.06. The Balaban J connectivity index is 2.34. The molecule has 1 N–H and O–H groups in total.